The van der Waals surface area contributed by atoms with Crippen molar-refractivity contribution in [2.24, 2.45) is 0 Å². The Bertz CT molecular complexity index is 959. The average molecular weight is 397 g/mol. The molecule has 3 aromatic rings. The summed E-state index contributed by atoms with van der Waals surface area (Å²) < 4.78 is 6.79. The molecule has 8 nitrogen and oxygen atoms in total. The molecule has 0 saturated heterocycles. The Morgan fingerprint density at radius 3 is 2.54 bits per heavy atom. The smallest absolute Gasteiger partial charge is 0.339 e. The van der Waals surface area contributed by atoms with Crippen molar-refractivity contribution < 1.29 is 14.3 Å². The predicted octanol–water partition coefficient (Wildman–Crippen LogP) is 2.20. The third kappa shape index (κ3) is 4.74. The lowest BCUT2D eigenvalue weighted by Gasteiger charge is -2.12. The van der Waals surface area contributed by atoms with E-state index < -0.39 is 5.97 Å². The first-order chi connectivity index (χ1) is 13.6. The fraction of sp³-hybridized carbons (Fsp3) is 0.211. The van der Waals surface area contributed by atoms with Gasteiger partial charge < -0.3 is 9.64 Å². The Morgan fingerprint density at radius 2 is 1.79 bits per heavy atom. The van der Waals surface area contributed by atoms with Gasteiger partial charge in [-0.1, -0.05) is 30.3 Å². The highest BCUT2D eigenvalue weighted by atomic mass is 32.2. The average Bonchev–Trinajstić information content (AvgIpc) is 3.19. The predicted molar refractivity (Wildman–Crippen MR) is 104 cm³/mol. The van der Waals surface area contributed by atoms with Gasteiger partial charge in [0.25, 0.3) is 5.91 Å². The van der Waals surface area contributed by atoms with Crippen LogP contribution in [0.2, 0.25) is 0 Å². The molecule has 0 aliphatic heterocycles. The van der Waals surface area contributed by atoms with E-state index in [-0.39, 0.29) is 12.5 Å². The van der Waals surface area contributed by atoms with Gasteiger partial charge in [-0.05, 0) is 34.7 Å². The number of rotatable bonds is 7. The molecule has 0 atom stereocenters. The molecule has 0 N–H and O–H groups in total. The molecule has 0 aliphatic carbocycles. The fourth-order valence-electron chi connectivity index (χ4n) is 2.30. The molecular weight excluding hydrogens is 378 g/mol. The SMILES string of the molecule is CN(C)C(=O)COC(=O)c1ccccc1SCc1nnnn1-c1ccccc1. The van der Waals surface area contributed by atoms with E-state index in [4.69, 9.17) is 4.74 Å². The Labute approximate surface area is 166 Å². The maximum absolute atomic E-state index is 12.4. The van der Waals surface area contributed by atoms with Gasteiger partial charge in [0.15, 0.2) is 12.4 Å². The fourth-order valence-corrected chi connectivity index (χ4v) is 3.25. The molecule has 1 heterocycles. The van der Waals surface area contributed by atoms with Gasteiger partial charge in [-0.15, -0.1) is 16.9 Å². The van der Waals surface area contributed by atoms with E-state index in [9.17, 15) is 9.59 Å². The van der Waals surface area contributed by atoms with Crippen molar-refractivity contribution in [2.45, 2.75) is 10.6 Å². The molecule has 0 spiro atoms. The Hall–Kier alpha value is -3.20. The standard InChI is InChI=1S/C19H19N5O3S/c1-23(2)18(25)12-27-19(26)15-10-6-7-11-16(15)28-13-17-20-21-22-24(17)14-8-4-3-5-9-14/h3-11H,12-13H2,1-2H3. The summed E-state index contributed by atoms with van der Waals surface area (Å²) in [4.78, 5) is 26.1. The zero-order chi connectivity index (χ0) is 19.9. The summed E-state index contributed by atoms with van der Waals surface area (Å²) in [5.74, 6) is 0.298. The molecule has 2 aromatic carbocycles. The molecule has 0 saturated carbocycles. The van der Waals surface area contributed by atoms with Gasteiger partial charge in [-0.2, -0.15) is 4.68 Å². The molecule has 0 fully saturated rings. The molecule has 3 rings (SSSR count). The van der Waals surface area contributed by atoms with Crippen LogP contribution in [0.5, 0.6) is 0 Å². The number of esters is 1. The van der Waals surface area contributed by atoms with Crippen molar-refractivity contribution in [1.82, 2.24) is 25.1 Å². The van der Waals surface area contributed by atoms with E-state index in [0.29, 0.717) is 17.1 Å². The van der Waals surface area contributed by atoms with Crippen molar-refractivity contribution in [3.05, 3.63) is 66.0 Å². The number of amides is 1. The summed E-state index contributed by atoms with van der Waals surface area (Å²) in [6, 6.07) is 16.7. The Kier molecular flexibility index (Phi) is 6.38. The van der Waals surface area contributed by atoms with Crippen LogP contribution in [0.4, 0.5) is 0 Å². The van der Waals surface area contributed by atoms with E-state index in [1.165, 1.54) is 16.7 Å². The molecule has 0 aliphatic rings. The number of tetrazole rings is 1. The topological polar surface area (TPSA) is 90.2 Å². The molecule has 0 unspecified atom stereocenters. The first kappa shape index (κ1) is 19.6. The summed E-state index contributed by atoms with van der Waals surface area (Å²) in [5.41, 5.74) is 1.26. The maximum Gasteiger partial charge on any atom is 0.339 e. The summed E-state index contributed by atoms with van der Waals surface area (Å²) in [5, 5.41) is 11.9. The van der Waals surface area contributed by atoms with E-state index in [1.54, 1.807) is 30.9 Å². The van der Waals surface area contributed by atoms with Crippen LogP contribution in [-0.4, -0.2) is 57.7 Å². The van der Waals surface area contributed by atoms with Gasteiger partial charge in [0.2, 0.25) is 0 Å². The van der Waals surface area contributed by atoms with Crippen LogP contribution in [0.1, 0.15) is 16.2 Å². The third-order valence-corrected chi connectivity index (χ3v) is 4.89. The minimum absolute atomic E-state index is 0.277. The normalized spacial score (nSPS) is 10.5. The molecule has 0 bridgehead atoms. The summed E-state index contributed by atoms with van der Waals surface area (Å²) >= 11 is 1.42. The molecule has 28 heavy (non-hydrogen) atoms. The van der Waals surface area contributed by atoms with Crippen LogP contribution in [0, 0.1) is 0 Å². The van der Waals surface area contributed by atoms with Gasteiger partial charge in [0, 0.05) is 19.0 Å². The molecule has 9 heteroatoms. The highest BCUT2D eigenvalue weighted by molar-refractivity contribution is 7.98. The summed E-state index contributed by atoms with van der Waals surface area (Å²) in [6.07, 6.45) is 0. The number of hydrogen-bond acceptors (Lipinski definition) is 7. The van der Waals surface area contributed by atoms with E-state index in [0.717, 1.165) is 10.6 Å². The van der Waals surface area contributed by atoms with Crippen molar-refractivity contribution in [1.29, 1.82) is 0 Å². The van der Waals surface area contributed by atoms with Crippen molar-refractivity contribution in [3.63, 3.8) is 0 Å². The number of carbonyl (C=O) groups excluding carboxylic acids is 2. The van der Waals surface area contributed by atoms with Crippen molar-refractivity contribution in [2.75, 3.05) is 20.7 Å². The van der Waals surface area contributed by atoms with E-state index >= 15 is 0 Å². The lowest BCUT2D eigenvalue weighted by molar-refractivity contribution is -0.131. The molecule has 0 radical (unpaired) electrons. The summed E-state index contributed by atoms with van der Waals surface area (Å²) in [6.45, 7) is -0.295. The molecule has 1 amide bonds. The van der Waals surface area contributed by atoms with Crippen LogP contribution < -0.4 is 0 Å². The first-order valence-electron chi connectivity index (χ1n) is 8.48. The zero-order valence-corrected chi connectivity index (χ0v) is 16.3. The van der Waals surface area contributed by atoms with Crippen molar-refractivity contribution in [3.8, 4) is 5.69 Å². The van der Waals surface area contributed by atoms with Gasteiger partial charge >= 0.3 is 5.97 Å². The number of likely N-dealkylation sites (N-methyl/N-ethyl adjacent to an activating group) is 1. The zero-order valence-electron chi connectivity index (χ0n) is 15.5. The Morgan fingerprint density at radius 1 is 1.07 bits per heavy atom. The second-order valence-electron chi connectivity index (χ2n) is 5.99. The number of benzene rings is 2. The van der Waals surface area contributed by atoms with Crippen LogP contribution in [0.25, 0.3) is 5.69 Å². The number of hydrogen-bond donors (Lipinski definition) is 0. The second-order valence-corrected chi connectivity index (χ2v) is 7.01. The highest BCUT2D eigenvalue weighted by Gasteiger charge is 2.16. The minimum atomic E-state index is -0.541. The minimum Gasteiger partial charge on any atom is -0.452 e. The third-order valence-electron chi connectivity index (χ3n) is 3.82. The van der Waals surface area contributed by atoms with Crippen molar-refractivity contribution >= 4 is 23.6 Å². The van der Waals surface area contributed by atoms with Gasteiger partial charge in [-0.25, -0.2) is 4.79 Å². The molecule has 1 aromatic heterocycles. The number of para-hydroxylation sites is 1. The Balaban J connectivity index is 1.70. The van der Waals surface area contributed by atoms with E-state index in [2.05, 4.69) is 15.5 Å². The van der Waals surface area contributed by atoms with Crippen LogP contribution in [-0.2, 0) is 15.3 Å². The monoisotopic (exact) mass is 397 g/mol. The van der Waals surface area contributed by atoms with Gasteiger partial charge in [-0.3, -0.25) is 4.79 Å². The van der Waals surface area contributed by atoms with Gasteiger partial charge in [0.05, 0.1) is 17.0 Å². The largest absolute Gasteiger partial charge is 0.452 e. The first-order valence-corrected chi connectivity index (χ1v) is 9.46. The number of nitrogens with zero attached hydrogens (tertiary/aromatic N) is 5. The van der Waals surface area contributed by atoms with Crippen LogP contribution in [0.15, 0.2) is 59.5 Å². The van der Waals surface area contributed by atoms with Gasteiger partial charge in [0.1, 0.15) is 0 Å². The number of thioether (sulfide) groups is 1. The number of aromatic nitrogens is 4. The number of carbonyl (C=O) groups is 2. The highest BCUT2D eigenvalue weighted by Crippen LogP contribution is 2.26. The van der Waals surface area contributed by atoms with E-state index in [1.807, 2.05) is 42.5 Å². The van der Waals surface area contributed by atoms with Crippen LogP contribution in [0.3, 0.4) is 0 Å². The van der Waals surface area contributed by atoms with Crippen LogP contribution >= 0.6 is 11.8 Å². The lowest BCUT2D eigenvalue weighted by Crippen LogP contribution is -2.27. The summed E-state index contributed by atoms with van der Waals surface area (Å²) in [7, 11) is 3.22. The second kappa shape index (κ2) is 9.14. The molecular formula is C19H19N5O3S. The number of ether oxygens (including phenoxy) is 1. The lowest BCUT2D eigenvalue weighted by atomic mass is 10.2. The molecule has 144 valence electrons. The maximum atomic E-state index is 12.4. The quantitative estimate of drug-likeness (QED) is 0.446.